The number of benzene rings is 8. The van der Waals surface area contributed by atoms with Gasteiger partial charge in [0.05, 0.1) is 11.0 Å². The lowest BCUT2D eigenvalue weighted by molar-refractivity contribution is 1.18. The van der Waals surface area contributed by atoms with Gasteiger partial charge in [-0.2, -0.15) is 0 Å². The second-order valence-electron chi connectivity index (χ2n) is 13.0. The fourth-order valence-corrected chi connectivity index (χ4v) is 8.80. The lowest BCUT2D eigenvalue weighted by atomic mass is 10.00. The van der Waals surface area contributed by atoms with Gasteiger partial charge in [0.15, 0.2) is 0 Å². The van der Waals surface area contributed by atoms with Crippen molar-refractivity contribution in [2.24, 2.45) is 0 Å². The maximum absolute atomic E-state index is 2.42. The van der Waals surface area contributed by atoms with Crippen molar-refractivity contribution >= 4 is 70.4 Å². The molecule has 10 rings (SSSR count). The van der Waals surface area contributed by atoms with Gasteiger partial charge in [-0.1, -0.05) is 133 Å². The zero-order chi connectivity index (χ0) is 33.7. The van der Waals surface area contributed by atoms with Crippen molar-refractivity contribution < 1.29 is 0 Å². The van der Waals surface area contributed by atoms with Crippen LogP contribution in [-0.2, 0) is 0 Å². The summed E-state index contributed by atoms with van der Waals surface area (Å²) in [5.74, 6) is 0. The van der Waals surface area contributed by atoms with E-state index in [0.717, 1.165) is 22.7 Å². The molecule has 240 valence electrons. The maximum Gasteiger partial charge on any atom is 0.0619 e. The predicted molar refractivity (Wildman–Crippen MR) is 219 cm³/mol. The molecule has 2 nitrogen and oxygen atoms in total. The molecule has 10 aromatic rings. The van der Waals surface area contributed by atoms with E-state index in [2.05, 4.69) is 204 Å². The highest BCUT2D eigenvalue weighted by Gasteiger charge is 2.19. The Labute approximate surface area is 300 Å². The van der Waals surface area contributed by atoms with Crippen LogP contribution in [0.3, 0.4) is 0 Å². The summed E-state index contributed by atoms with van der Waals surface area (Å²) in [7, 11) is 0. The van der Waals surface area contributed by atoms with Gasteiger partial charge < -0.3 is 9.47 Å². The van der Waals surface area contributed by atoms with Gasteiger partial charge in [0.2, 0.25) is 0 Å². The summed E-state index contributed by atoms with van der Waals surface area (Å²) in [4.78, 5) is 2.41. The van der Waals surface area contributed by atoms with Crippen LogP contribution in [0.15, 0.2) is 194 Å². The van der Waals surface area contributed by atoms with Crippen LogP contribution >= 0.6 is 11.3 Å². The van der Waals surface area contributed by atoms with Gasteiger partial charge >= 0.3 is 0 Å². The quantitative estimate of drug-likeness (QED) is 0.171. The highest BCUT2D eigenvalue weighted by molar-refractivity contribution is 7.25. The van der Waals surface area contributed by atoms with Crippen LogP contribution in [0.2, 0.25) is 0 Å². The molecule has 0 aliphatic heterocycles. The minimum absolute atomic E-state index is 1.11. The minimum Gasteiger partial charge on any atom is -0.310 e. The summed E-state index contributed by atoms with van der Waals surface area (Å²) in [6, 6.07) is 70.4. The van der Waals surface area contributed by atoms with Crippen molar-refractivity contribution in [1.82, 2.24) is 4.57 Å². The summed E-state index contributed by atoms with van der Waals surface area (Å²) in [5.41, 5.74) is 11.7. The Balaban J connectivity index is 1.19. The smallest absolute Gasteiger partial charge is 0.0619 e. The van der Waals surface area contributed by atoms with Crippen molar-refractivity contribution in [3.8, 4) is 27.9 Å². The van der Waals surface area contributed by atoms with Crippen molar-refractivity contribution in [3.05, 3.63) is 194 Å². The van der Waals surface area contributed by atoms with Gasteiger partial charge in [0.1, 0.15) is 0 Å². The Kier molecular flexibility index (Phi) is 7.04. The van der Waals surface area contributed by atoms with Gasteiger partial charge in [-0.15, -0.1) is 11.3 Å². The summed E-state index contributed by atoms with van der Waals surface area (Å²) >= 11 is 1.86. The molecule has 51 heavy (non-hydrogen) atoms. The van der Waals surface area contributed by atoms with E-state index in [0.29, 0.717) is 0 Å². The van der Waals surface area contributed by atoms with E-state index in [1.165, 1.54) is 64.2 Å². The Morgan fingerprint density at radius 2 is 0.961 bits per heavy atom. The standard InChI is InChI=1S/C48H32N2S/c1-3-14-33(15-4-1)34-16-11-20-37(30-34)49(39-28-29-43-42-23-8-10-27-46(42)51-47(43)32-39)38-21-12-17-35(31-38)40-24-13-25-44-41-22-7-9-26-45(41)50(48(40)44)36-18-5-2-6-19-36/h1-32H. The van der Waals surface area contributed by atoms with E-state index < -0.39 is 0 Å². The Hall–Kier alpha value is -6.42. The van der Waals surface area contributed by atoms with Gasteiger partial charge in [-0.05, 0) is 77.4 Å². The largest absolute Gasteiger partial charge is 0.310 e. The van der Waals surface area contributed by atoms with E-state index in [4.69, 9.17) is 0 Å². The highest BCUT2D eigenvalue weighted by Crippen LogP contribution is 2.44. The Morgan fingerprint density at radius 1 is 0.373 bits per heavy atom. The number of nitrogens with zero attached hydrogens (tertiary/aromatic N) is 2. The zero-order valence-electron chi connectivity index (χ0n) is 27.8. The van der Waals surface area contributed by atoms with E-state index in [9.17, 15) is 0 Å². The molecule has 0 aliphatic rings. The fourth-order valence-electron chi connectivity index (χ4n) is 7.67. The molecule has 0 saturated heterocycles. The van der Waals surface area contributed by atoms with E-state index in [-0.39, 0.29) is 0 Å². The normalized spacial score (nSPS) is 11.5. The van der Waals surface area contributed by atoms with Gasteiger partial charge in [-0.25, -0.2) is 0 Å². The molecule has 0 saturated carbocycles. The maximum atomic E-state index is 2.42. The minimum atomic E-state index is 1.11. The van der Waals surface area contributed by atoms with Crippen LogP contribution in [0.5, 0.6) is 0 Å². The topological polar surface area (TPSA) is 8.17 Å². The summed E-state index contributed by atoms with van der Waals surface area (Å²) < 4.78 is 5.01. The average Bonchev–Trinajstić information content (AvgIpc) is 3.74. The SMILES string of the molecule is c1ccc(-c2cccc(N(c3cccc(-c4cccc5c6ccccc6n(-c6ccccc6)c45)c3)c3ccc4c(c3)sc3ccccc34)c2)cc1. The molecule has 0 unspecified atom stereocenters. The Morgan fingerprint density at radius 3 is 1.78 bits per heavy atom. The fraction of sp³-hybridized carbons (Fsp3) is 0. The van der Waals surface area contributed by atoms with Crippen molar-refractivity contribution in [1.29, 1.82) is 0 Å². The second kappa shape index (κ2) is 12.2. The van der Waals surface area contributed by atoms with E-state index >= 15 is 0 Å². The highest BCUT2D eigenvalue weighted by atomic mass is 32.1. The number of para-hydroxylation sites is 3. The molecule has 2 heterocycles. The molecule has 0 N–H and O–H groups in total. The van der Waals surface area contributed by atoms with Crippen LogP contribution in [0.4, 0.5) is 17.1 Å². The van der Waals surface area contributed by atoms with Crippen molar-refractivity contribution in [3.63, 3.8) is 0 Å². The molecular weight excluding hydrogens is 637 g/mol. The van der Waals surface area contributed by atoms with Crippen molar-refractivity contribution in [2.75, 3.05) is 4.90 Å². The monoisotopic (exact) mass is 668 g/mol. The van der Waals surface area contributed by atoms with Crippen LogP contribution < -0.4 is 4.90 Å². The summed E-state index contributed by atoms with van der Waals surface area (Å²) in [6.45, 7) is 0. The first-order chi connectivity index (χ1) is 25.3. The molecule has 0 aliphatic carbocycles. The predicted octanol–water partition coefficient (Wildman–Crippen LogP) is 14.0. The molecule has 0 bridgehead atoms. The van der Waals surface area contributed by atoms with Crippen LogP contribution in [0, 0.1) is 0 Å². The van der Waals surface area contributed by atoms with E-state index in [1.54, 1.807) is 0 Å². The molecule has 0 fully saturated rings. The number of fused-ring (bicyclic) bond motifs is 6. The van der Waals surface area contributed by atoms with Gasteiger partial charge in [0.25, 0.3) is 0 Å². The van der Waals surface area contributed by atoms with Crippen LogP contribution in [-0.4, -0.2) is 4.57 Å². The number of thiophene rings is 1. The second-order valence-corrected chi connectivity index (χ2v) is 14.1. The average molecular weight is 669 g/mol. The van der Waals surface area contributed by atoms with Crippen molar-refractivity contribution in [2.45, 2.75) is 0 Å². The van der Waals surface area contributed by atoms with Crippen LogP contribution in [0.25, 0.3) is 69.9 Å². The molecule has 0 amide bonds. The molecule has 0 radical (unpaired) electrons. The number of rotatable bonds is 6. The molecule has 3 heteroatoms. The summed E-state index contributed by atoms with van der Waals surface area (Å²) in [6.07, 6.45) is 0. The molecule has 0 atom stereocenters. The third kappa shape index (κ3) is 5.01. The lowest BCUT2D eigenvalue weighted by Crippen LogP contribution is -2.10. The van der Waals surface area contributed by atoms with Crippen LogP contribution in [0.1, 0.15) is 0 Å². The number of hydrogen-bond acceptors (Lipinski definition) is 2. The first-order valence-electron chi connectivity index (χ1n) is 17.4. The van der Waals surface area contributed by atoms with Gasteiger partial charge in [0, 0.05) is 59.3 Å². The molecule has 8 aromatic carbocycles. The molecule has 0 spiro atoms. The zero-order valence-corrected chi connectivity index (χ0v) is 28.6. The summed E-state index contributed by atoms with van der Waals surface area (Å²) in [5, 5.41) is 5.11. The first-order valence-corrected chi connectivity index (χ1v) is 18.2. The lowest BCUT2D eigenvalue weighted by Gasteiger charge is -2.27. The first kappa shape index (κ1) is 29.5. The molecule has 2 aromatic heterocycles. The van der Waals surface area contributed by atoms with E-state index in [1.807, 2.05) is 11.3 Å². The molecular formula is C48H32N2S. The third-order valence-electron chi connectivity index (χ3n) is 9.96. The Bertz CT molecular complexity index is 2860. The number of anilines is 3. The third-order valence-corrected chi connectivity index (χ3v) is 11.1. The van der Waals surface area contributed by atoms with Gasteiger partial charge in [-0.3, -0.25) is 0 Å². The number of hydrogen-bond donors (Lipinski definition) is 0. The number of aromatic nitrogens is 1.